The number of halogens is 2. The van der Waals surface area contributed by atoms with Gasteiger partial charge in [0.25, 0.3) is 0 Å². The summed E-state index contributed by atoms with van der Waals surface area (Å²) in [7, 11) is 1.95. The van der Waals surface area contributed by atoms with Crippen LogP contribution in [0.2, 0.25) is 10.3 Å². The highest BCUT2D eigenvalue weighted by Crippen LogP contribution is 2.30. The Morgan fingerprint density at radius 2 is 2.00 bits per heavy atom. The van der Waals surface area contributed by atoms with E-state index in [1.165, 1.54) is 0 Å². The summed E-state index contributed by atoms with van der Waals surface area (Å²) in [6.07, 6.45) is 0. The summed E-state index contributed by atoms with van der Waals surface area (Å²) in [4.78, 5) is 10.4. The SMILES string of the molecule is CCN(C)c1nc(Cl)nc2cccc(Cl)c12. The van der Waals surface area contributed by atoms with Crippen LogP contribution in [-0.2, 0) is 0 Å². The van der Waals surface area contributed by atoms with E-state index in [0.29, 0.717) is 5.02 Å². The van der Waals surface area contributed by atoms with Gasteiger partial charge in [0.1, 0.15) is 5.82 Å². The predicted octanol–water partition coefficient (Wildman–Crippen LogP) is 3.39. The van der Waals surface area contributed by atoms with Gasteiger partial charge in [-0.3, -0.25) is 0 Å². The standard InChI is InChI=1S/C11H11Cl2N3/c1-3-16(2)10-9-7(12)5-4-6-8(9)14-11(13)15-10/h4-6H,3H2,1-2H3. The van der Waals surface area contributed by atoms with E-state index in [9.17, 15) is 0 Å². The minimum Gasteiger partial charge on any atom is -0.359 e. The van der Waals surface area contributed by atoms with Gasteiger partial charge in [0.15, 0.2) is 0 Å². The van der Waals surface area contributed by atoms with Crippen molar-refractivity contribution in [3.8, 4) is 0 Å². The second kappa shape index (κ2) is 4.44. The minimum atomic E-state index is 0.241. The van der Waals surface area contributed by atoms with Crippen LogP contribution in [0.5, 0.6) is 0 Å². The normalized spacial score (nSPS) is 10.8. The van der Waals surface area contributed by atoms with Crippen LogP contribution in [0.15, 0.2) is 18.2 Å². The quantitative estimate of drug-likeness (QED) is 0.771. The molecule has 0 aliphatic rings. The average molecular weight is 256 g/mol. The zero-order valence-electron chi connectivity index (χ0n) is 9.04. The molecular formula is C11H11Cl2N3. The summed E-state index contributed by atoms with van der Waals surface area (Å²) in [5.41, 5.74) is 0.766. The highest BCUT2D eigenvalue weighted by Gasteiger charge is 2.12. The van der Waals surface area contributed by atoms with E-state index in [4.69, 9.17) is 23.2 Å². The third kappa shape index (κ3) is 1.93. The molecule has 0 aliphatic carbocycles. The van der Waals surface area contributed by atoms with Crippen molar-refractivity contribution >= 4 is 39.9 Å². The zero-order valence-corrected chi connectivity index (χ0v) is 10.5. The fraction of sp³-hybridized carbons (Fsp3) is 0.273. The Balaban J connectivity index is 2.80. The summed E-state index contributed by atoms with van der Waals surface area (Å²) in [6.45, 7) is 2.87. The first kappa shape index (κ1) is 11.4. The topological polar surface area (TPSA) is 29.0 Å². The van der Waals surface area contributed by atoms with Gasteiger partial charge < -0.3 is 4.90 Å². The van der Waals surface area contributed by atoms with Crippen LogP contribution in [0, 0.1) is 0 Å². The first-order valence-corrected chi connectivity index (χ1v) is 5.72. The van der Waals surface area contributed by atoms with Crippen molar-refractivity contribution in [2.75, 3.05) is 18.5 Å². The van der Waals surface area contributed by atoms with Gasteiger partial charge in [0, 0.05) is 13.6 Å². The molecular weight excluding hydrogens is 245 g/mol. The molecule has 0 spiro atoms. The molecule has 5 heteroatoms. The number of rotatable bonds is 2. The molecule has 0 aliphatic heterocycles. The zero-order chi connectivity index (χ0) is 11.7. The lowest BCUT2D eigenvalue weighted by molar-refractivity contribution is 0.940. The van der Waals surface area contributed by atoms with E-state index >= 15 is 0 Å². The molecule has 2 rings (SSSR count). The molecule has 0 saturated heterocycles. The van der Waals surface area contributed by atoms with Crippen LogP contribution in [-0.4, -0.2) is 23.6 Å². The maximum Gasteiger partial charge on any atom is 0.224 e. The molecule has 0 radical (unpaired) electrons. The van der Waals surface area contributed by atoms with Crippen molar-refractivity contribution < 1.29 is 0 Å². The first-order valence-electron chi connectivity index (χ1n) is 4.96. The fourth-order valence-corrected chi connectivity index (χ4v) is 1.95. The van der Waals surface area contributed by atoms with Gasteiger partial charge in [0.05, 0.1) is 15.9 Å². The monoisotopic (exact) mass is 255 g/mol. The van der Waals surface area contributed by atoms with Crippen molar-refractivity contribution in [1.29, 1.82) is 0 Å². The van der Waals surface area contributed by atoms with E-state index in [-0.39, 0.29) is 5.28 Å². The molecule has 0 saturated carbocycles. The number of aromatic nitrogens is 2. The summed E-state index contributed by atoms with van der Waals surface area (Å²) < 4.78 is 0. The van der Waals surface area contributed by atoms with E-state index in [1.54, 1.807) is 0 Å². The molecule has 16 heavy (non-hydrogen) atoms. The molecule has 0 atom stereocenters. The highest BCUT2D eigenvalue weighted by atomic mass is 35.5. The Kier molecular flexibility index (Phi) is 3.17. The fourth-order valence-electron chi connectivity index (χ4n) is 1.52. The molecule has 84 valence electrons. The van der Waals surface area contributed by atoms with Crippen LogP contribution in [0.4, 0.5) is 5.82 Å². The lowest BCUT2D eigenvalue weighted by Crippen LogP contribution is -2.18. The number of fused-ring (bicyclic) bond motifs is 1. The molecule has 1 aromatic carbocycles. The van der Waals surface area contributed by atoms with Gasteiger partial charge in [-0.1, -0.05) is 17.7 Å². The van der Waals surface area contributed by atoms with E-state index < -0.39 is 0 Å². The van der Waals surface area contributed by atoms with Crippen molar-refractivity contribution in [3.05, 3.63) is 28.5 Å². The Morgan fingerprint density at radius 1 is 1.25 bits per heavy atom. The van der Waals surface area contributed by atoms with Crippen LogP contribution in [0.3, 0.4) is 0 Å². The number of anilines is 1. The van der Waals surface area contributed by atoms with Gasteiger partial charge in [-0.15, -0.1) is 0 Å². The predicted molar refractivity (Wildman–Crippen MR) is 68.5 cm³/mol. The molecule has 0 N–H and O–H groups in total. The van der Waals surface area contributed by atoms with E-state index in [2.05, 4.69) is 9.97 Å². The molecule has 2 aromatic rings. The highest BCUT2D eigenvalue weighted by molar-refractivity contribution is 6.36. The summed E-state index contributed by atoms with van der Waals surface area (Å²) in [6, 6.07) is 5.56. The minimum absolute atomic E-state index is 0.241. The summed E-state index contributed by atoms with van der Waals surface area (Å²) in [5.74, 6) is 0.767. The van der Waals surface area contributed by atoms with Crippen LogP contribution < -0.4 is 4.90 Å². The number of benzene rings is 1. The Labute approximate surface area is 104 Å². The Hall–Kier alpha value is -1.06. The molecule has 0 fully saturated rings. The molecule has 3 nitrogen and oxygen atoms in total. The van der Waals surface area contributed by atoms with Crippen molar-refractivity contribution in [3.63, 3.8) is 0 Å². The lowest BCUT2D eigenvalue weighted by Gasteiger charge is -2.18. The van der Waals surface area contributed by atoms with Gasteiger partial charge >= 0.3 is 0 Å². The first-order chi connectivity index (χ1) is 7.63. The van der Waals surface area contributed by atoms with Gasteiger partial charge in [-0.05, 0) is 30.7 Å². The molecule has 1 aromatic heterocycles. The third-order valence-corrected chi connectivity index (χ3v) is 2.95. The molecule has 1 heterocycles. The lowest BCUT2D eigenvalue weighted by atomic mass is 10.2. The number of hydrogen-bond acceptors (Lipinski definition) is 3. The maximum atomic E-state index is 6.17. The Morgan fingerprint density at radius 3 is 2.69 bits per heavy atom. The summed E-state index contributed by atoms with van der Waals surface area (Å²) >= 11 is 12.1. The van der Waals surface area contributed by atoms with E-state index in [0.717, 1.165) is 23.3 Å². The van der Waals surface area contributed by atoms with Crippen molar-refractivity contribution in [2.24, 2.45) is 0 Å². The maximum absolute atomic E-state index is 6.17. The Bertz CT molecular complexity index is 528. The van der Waals surface area contributed by atoms with Crippen LogP contribution in [0.25, 0.3) is 10.9 Å². The molecule has 0 bridgehead atoms. The second-order valence-electron chi connectivity index (χ2n) is 3.46. The van der Waals surface area contributed by atoms with Crippen LogP contribution in [0.1, 0.15) is 6.92 Å². The smallest absolute Gasteiger partial charge is 0.224 e. The van der Waals surface area contributed by atoms with Crippen molar-refractivity contribution in [2.45, 2.75) is 6.92 Å². The second-order valence-corrected chi connectivity index (χ2v) is 4.21. The van der Waals surface area contributed by atoms with Crippen LogP contribution >= 0.6 is 23.2 Å². The van der Waals surface area contributed by atoms with Crippen molar-refractivity contribution in [1.82, 2.24) is 9.97 Å². The largest absolute Gasteiger partial charge is 0.359 e. The number of nitrogens with zero attached hydrogens (tertiary/aromatic N) is 3. The average Bonchev–Trinajstić information content (AvgIpc) is 2.27. The van der Waals surface area contributed by atoms with E-state index in [1.807, 2.05) is 37.1 Å². The van der Waals surface area contributed by atoms with Gasteiger partial charge in [-0.25, -0.2) is 4.98 Å². The third-order valence-electron chi connectivity index (χ3n) is 2.46. The van der Waals surface area contributed by atoms with Gasteiger partial charge in [0.2, 0.25) is 5.28 Å². The number of hydrogen-bond donors (Lipinski definition) is 0. The molecule has 0 unspecified atom stereocenters. The molecule has 0 amide bonds. The summed E-state index contributed by atoms with van der Waals surface area (Å²) in [5, 5.41) is 1.73. The van der Waals surface area contributed by atoms with Gasteiger partial charge in [-0.2, -0.15) is 4.98 Å².